The molecule has 28 heavy (non-hydrogen) atoms. The molecule has 2 heterocycles. The normalized spacial score (nSPS) is 17.5. The van der Waals surface area contributed by atoms with Crippen LogP contribution in [0.5, 0.6) is 0 Å². The molecule has 0 aliphatic carbocycles. The van der Waals surface area contributed by atoms with E-state index in [1.165, 1.54) is 18.2 Å². The number of benzene rings is 1. The van der Waals surface area contributed by atoms with Crippen LogP contribution in [-0.2, 0) is 11.3 Å². The number of hydrogen-bond acceptors (Lipinski definition) is 4. The number of likely N-dealkylation sites (tertiary alicyclic amines) is 1. The molecule has 3 rings (SSSR count). The summed E-state index contributed by atoms with van der Waals surface area (Å²) in [7, 11) is 0. The Kier molecular flexibility index (Phi) is 7.05. The smallest absolute Gasteiger partial charge is 0.262 e. The van der Waals surface area contributed by atoms with Gasteiger partial charge in [0.25, 0.3) is 5.56 Å². The summed E-state index contributed by atoms with van der Waals surface area (Å²) in [6.45, 7) is 8.69. The molecule has 0 saturated carbocycles. The van der Waals surface area contributed by atoms with Gasteiger partial charge in [-0.05, 0) is 49.3 Å². The average molecular weight is 422 g/mol. The van der Waals surface area contributed by atoms with Gasteiger partial charge in [-0.2, -0.15) is 0 Å². The zero-order valence-corrected chi connectivity index (χ0v) is 18.4. The van der Waals surface area contributed by atoms with Crippen molar-refractivity contribution in [3.8, 4) is 0 Å². The minimum absolute atomic E-state index is 0.0659. The van der Waals surface area contributed by atoms with Crippen LogP contribution in [0.2, 0.25) is 5.02 Å². The summed E-state index contributed by atoms with van der Waals surface area (Å²) in [5.41, 5.74) is 0.517. The van der Waals surface area contributed by atoms with Crippen molar-refractivity contribution in [2.45, 2.75) is 51.7 Å². The Bertz CT molecular complexity index is 912. The Morgan fingerprint density at radius 2 is 2.18 bits per heavy atom. The molecule has 0 unspecified atom stereocenters. The molecular weight excluding hydrogens is 394 g/mol. The molecule has 1 atom stereocenters. The Labute approximate surface area is 175 Å². The van der Waals surface area contributed by atoms with Crippen molar-refractivity contribution in [2.24, 2.45) is 11.8 Å². The van der Waals surface area contributed by atoms with E-state index in [1.54, 1.807) is 22.8 Å². The van der Waals surface area contributed by atoms with Gasteiger partial charge in [0.15, 0.2) is 5.16 Å². The maximum absolute atomic E-state index is 13.0. The van der Waals surface area contributed by atoms with E-state index >= 15 is 0 Å². The van der Waals surface area contributed by atoms with Gasteiger partial charge in [0.2, 0.25) is 5.91 Å². The molecule has 0 N–H and O–H groups in total. The third-order valence-electron chi connectivity index (χ3n) is 5.15. The quantitative estimate of drug-likeness (QED) is 0.510. The number of nitrogens with zero attached hydrogens (tertiary/aromatic N) is 3. The van der Waals surface area contributed by atoms with Crippen molar-refractivity contribution < 1.29 is 4.79 Å². The van der Waals surface area contributed by atoms with Gasteiger partial charge in [-0.1, -0.05) is 44.1 Å². The fourth-order valence-corrected chi connectivity index (χ4v) is 4.60. The zero-order chi connectivity index (χ0) is 20.3. The summed E-state index contributed by atoms with van der Waals surface area (Å²) in [5, 5.41) is 1.71. The van der Waals surface area contributed by atoms with Crippen molar-refractivity contribution in [2.75, 3.05) is 18.8 Å². The molecule has 152 valence electrons. The number of halogens is 1. The second kappa shape index (κ2) is 9.31. The molecule has 1 amide bonds. The molecule has 5 nitrogen and oxygen atoms in total. The van der Waals surface area contributed by atoms with Gasteiger partial charge >= 0.3 is 0 Å². The van der Waals surface area contributed by atoms with Crippen LogP contribution in [-0.4, -0.2) is 39.2 Å². The SMILES string of the molecule is CC(C)CCn1c(SCC(=O)N2CCC[C@@H](C)C2)nc2cc(Cl)ccc2c1=O. The highest BCUT2D eigenvalue weighted by atomic mass is 35.5. The molecule has 7 heteroatoms. The lowest BCUT2D eigenvalue weighted by Gasteiger charge is -2.30. The highest BCUT2D eigenvalue weighted by Gasteiger charge is 2.22. The standard InChI is InChI=1S/C21H28ClN3O2S/c1-14(2)8-10-25-20(27)17-7-6-16(22)11-18(17)23-21(25)28-13-19(26)24-9-4-5-15(3)12-24/h6-7,11,14-15H,4-5,8-10,12-13H2,1-3H3/t15-/m1/s1. The number of thioether (sulfide) groups is 1. The maximum Gasteiger partial charge on any atom is 0.262 e. The van der Waals surface area contributed by atoms with Crippen molar-refractivity contribution in [3.63, 3.8) is 0 Å². The van der Waals surface area contributed by atoms with Crippen LogP contribution in [0.15, 0.2) is 28.2 Å². The monoisotopic (exact) mass is 421 g/mol. The lowest BCUT2D eigenvalue weighted by molar-refractivity contribution is -0.130. The Balaban J connectivity index is 1.86. The van der Waals surface area contributed by atoms with Crippen LogP contribution in [0.3, 0.4) is 0 Å². The van der Waals surface area contributed by atoms with Crippen LogP contribution in [0.1, 0.15) is 40.0 Å². The summed E-state index contributed by atoms with van der Waals surface area (Å²) in [6, 6.07) is 5.16. The van der Waals surface area contributed by atoms with Gasteiger partial charge in [-0.3, -0.25) is 14.2 Å². The van der Waals surface area contributed by atoms with Crippen LogP contribution < -0.4 is 5.56 Å². The molecule has 2 aromatic rings. The summed E-state index contributed by atoms with van der Waals surface area (Å²) in [4.78, 5) is 32.3. The van der Waals surface area contributed by atoms with Gasteiger partial charge in [-0.15, -0.1) is 0 Å². The molecule has 1 aliphatic heterocycles. The molecule has 0 spiro atoms. The number of fused-ring (bicyclic) bond motifs is 1. The van der Waals surface area contributed by atoms with E-state index in [9.17, 15) is 9.59 Å². The Morgan fingerprint density at radius 1 is 1.39 bits per heavy atom. The first-order valence-electron chi connectivity index (χ1n) is 9.96. The van der Waals surface area contributed by atoms with Gasteiger partial charge in [0.1, 0.15) is 0 Å². The Hall–Kier alpha value is -1.53. The first-order valence-corrected chi connectivity index (χ1v) is 11.3. The first kappa shape index (κ1) is 21.2. The second-order valence-electron chi connectivity index (χ2n) is 8.07. The van der Waals surface area contributed by atoms with E-state index in [4.69, 9.17) is 11.6 Å². The molecule has 1 aromatic heterocycles. The molecule has 0 radical (unpaired) electrons. The van der Waals surface area contributed by atoms with Crippen LogP contribution in [0, 0.1) is 11.8 Å². The third kappa shape index (κ3) is 5.09. The van der Waals surface area contributed by atoms with Crippen molar-refractivity contribution >= 4 is 40.2 Å². The van der Waals surface area contributed by atoms with Crippen molar-refractivity contribution in [1.82, 2.24) is 14.5 Å². The number of aromatic nitrogens is 2. The minimum atomic E-state index is -0.0659. The topological polar surface area (TPSA) is 55.2 Å². The number of carbonyl (C=O) groups excluding carboxylic acids is 1. The van der Waals surface area contributed by atoms with Gasteiger partial charge in [0, 0.05) is 24.7 Å². The zero-order valence-electron chi connectivity index (χ0n) is 16.8. The fraction of sp³-hybridized carbons (Fsp3) is 0.571. The van der Waals surface area contributed by atoms with E-state index in [0.717, 1.165) is 25.9 Å². The summed E-state index contributed by atoms with van der Waals surface area (Å²) >= 11 is 7.45. The van der Waals surface area contributed by atoms with Crippen LogP contribution >= 0.6 is 23.4 Å². The lowest BCUT2D eigenvalue weighted by atomic mass is 10.0. The predicted octanol–water partition coefficient (Wildman–Crippen LogP) is 4.45. The molecule has 1 aliphatic rings. The van der Waals surface area contributed by atoms with Gasteiger partial charge in [-0.25, -0.2) is 4.98 Å². The number of rotatable bonds is 6. The second-order valence-corrected chi connectivity index (χ2v) is 9.45. The molecule has 0 bridgehead atoms. The minimum Gasteiger partial charge on any atom is -0.342 e. The van der Waals surface area contributed by atoms with Crippen LogP contribution in [0.4, 0.5) is 0 Å². The molecular formula is C21H28ClN3O2S. The van der Waals surface area contributed by atoms with E-state index < -0.39 is 0 Å². The average Bonchev–Trinajstić information content (AvgIpc) is 2.65. The molecule has 1 fully saturated rings. The van der Waals surface area contributed by atoms with E-state index in [2.05, 4.69) is 25.8 Å². The van der Waals surface area contributed by atoms with E-state index in [1.807, 2.05) is 4.90 Å². The Morgan fingerprint density at radius 3 is 2.89 bits per heavy atom. The summed E-state index contributed by atoms with van der Waals surface area (Å²) < 4.78 is 1.72. The summed E-state index contributed by atoms with van der Waals surface area (Å²) in [6.07, 6.45) is 3.12. The van der Waals surface area contributed by atoms with Gasteiger partial charge in [0.05, 0.1) is 16.7 Å². The highest BCUT2D eigenvalue weighted by molar-refractivity contribution is 7.99. The summed E-state index contributed by atoms with van der Waals surface area (Å²) in [5.74, 6) is 1.44. The number of piperidine rings is 1. The van der Waals surface area contributed by atoms with Crippen LogP contribution in [0.25, 0.3) is 10.9 Å². The van der Waals surface area contributed by atoms with E-state index in [-0.39, 0.29) is 11.5 Å². The molecule has 1 saturated heterocycles. The van der Waals surface area contributed by atoms with Crippen molar-refractivity contribution in [3.05, 3.63) is 33.6 Å². The number of hydrogen-bond donors (Lipinski definition) is 0. The largest absolute Gasteiger partial charge is 0.342 e. The predicted molar refractivity (Wildman–Crippen MR) is 116 cm³/mol. The number of carbonyl (C=O) groups is 1. The molecule has 1 aromatic carbocycles. The van der Waals surface area contributed by atoms with Crippen molar-refractivity contribution in [1.29, 1.82) is 0 Å². The fourth-order valence-electron chi connectivity index (χ4n) is 3.50. The maximum atomic E-state index is 13.0. The number of amides is 1. The van der Waals surface area contributed by atoms with Gasteiger partial charge < -0.3 is 4.90 Å². The third-order valence-corrected chi connectivity index (χ3v) is 6.34. The highest BCUT2D eigenvalue weighted by Crippen LogP contribution is 2.23. The first-order chi connectivity index (χ1) is 13.3. The van der Waals surface area contributed by atoms with E-state index in [0.29, 0.717) is 45.2 Å². The lowest BCUT2D eigenvalue weighted by Crippen LogP contribution is -2.40.